The Balaban J connectivity index is 2.96. The highest BCUT2D eigenvalue weighted by Crippen LogP contribution is 2.18. The van der Waals surface area contributed by atoms with Crippen molar-refractivity contribution < 1.29 is 19.8 Å². The molecule has 0 aliphatic heterocycles. The minimum absolute atomic E-state index is 0.142. The molecule has 0 aliphatic carbocycles. The van der Waals surface area contributed by atoms with E-state index in [1.807, 2.05) is 5.32 Å². The van der Waals surface area contributed by atoms with Crippen LogP contribution < -0.4 is 5.32 Å². The normalized spacial score (nSPS) is 11.5. The van der Waals surface area contributed by atoms with Gasteiger partial charge in [-0.15, -0.1) is 4.91 Å². The molecule has 3 N–H and O–H groups in total. The first-order chi connectivity index (χ1) is 7.54. The molecule has 84 valence electrons. The van der Waals surface area contributed by atoms with Gasteiger partial charge in [-0.3, -0.25) is 0 Å². The Bertz CT molecular complexity index is 414. The van der Waals surface area contributed by atoms with Gasteiger partial charge in [0.1, 0.15) is 5.69 Å². The monoisotopic (exact) mass is 224 g/mol. The number of carboxylic acid groups (broad SMARTS) is 2. The lowest BCUT2D eigenvalue weighted by molar-refractivity contribution is -0.139. The molecule has 1 atom stereocenters. The Kier molecular flexibility index (Phi) is 3.54. The number of hydrogen-bond acceptors (Lipinski definition) is 4. The highest BCUT2D eigenvalue weighted by molar-refractivity contribution is 5.80. The second-order valence-electron chi connectivity index (χ2n) is 2.90. The summed E-state index contributed by atoms with van der Waals surface area (Å²) in [5.41, 5.74) is 0.366. The fourth-order valence-electron chi connectivity index (χ4n) is 1.14. The highest BCUT2D eigenvalue weighted by Gasteiger charge is 2.21. The number of rotatable bonds is 4. The van der Waals surface area contributed by atoms with Crippen LogP contribution in [0.25, 0.3) is 0 Å². The van der Waals surface area contributed by atoms with Gasteiger partial charge >= 0.3 is 12.1 Å². The molecular formula is C9H8N2O5. The van der Waals surface area contributed by atoms with Crippen molar-refractivity contribution in [3.8, 4) is 0 Å². The number of amides is 1. The number of nitrogens with one attached hydrogen (secondary N) is 1. The highest BCUT2D eigenvalue weighted by atomic mass is 16.4. The maximum atomic E-state index is 10.8. The van der Waals surface area contributed by atoms with Crippen molar-refractivity contribution in [1.82, 2.24) is 5.32 Å². The van der Waals surface area contributed by atoms with E-state index < -0.39 is 18.1 Å². The van der Waals surface area contributed by atoms with Gasteiger partial charge in [-0.25, -0.2) is 9.59 Å². The first kappa shape index (κ1) is 11.6. The summed E-state index contributed by atoms with van der Waals surface area (Å²) in [5, 5.41) is 21.7. The number of benzene rings is 1. The van der Waals surface area contributed by atoms with E-state index in [-0.39, 0.29) is 11.3 Å². The summed E-state index contributed by atoms with van der Waals surface area (Å²) < 4.78 is 0. The van der Waals surface area contributed by atoms with Gasteiger partial charge in [0, 0.05) is 0 Å². The van der Waals surface area contributed by atoms with Crippen LogP contribution in [-0.2, 0) is 4.79 Å². The number of carboxylic acids is 1. The molecule has 0 saturated carbocycles. The van der Waals surface area contributed by atoms with E-state index in [1.54, 1.807) is 0 Å². The van der Waals surface area contributed by atoms with E-state index in [2.05, 4.69) is 5.18 Å². The molecule has 0 fully saturated rings. The first-order valence-corrected chi connectivity index (χ1v) is 4.20. The van der Waals surface area contributed by atoms with Crippen molar-refractivity contribution in [2.45, 2.75) is 6.04 Å². The van der Waals surface area contributed by atoms with E-state index in [1.165, 1.54) is 24.3 Å². The zero-order valence-electron chi connectivity index (χ0n) is 7.95. The molecule has 16 heavy (non-hydrogen) atoms. The molecule has 0 spiro atoms. The lowest BCUT2D eigenvalue weighted by Gasteiger charge is -2.12. The molecule has 0 radical (unpaired) electrons. The molecule has 0 heterocycles. The Morgan fingerprint density at radius 2 is 1.75 bits per heavy atom. The summed E-state index contributed by atoms with van der Waals surface area (Å²) in [6.07, 6.45) is -1.44. The second kappa shape index (κ2) is 4.87. The molecule has 1 aromatic carbocycles. The van der Waals surface area contributed by atoms with Gasteiger partial charge in [-0.05, 0) is 22.9 Å². The van der Waals surface area contributed by atoms with E-state index >= 15 is 0 Å². The summed E-state index contributed by atoms with van der Waals surface area (Å²) in [5.74, 6) is -1.32. The predicted octanol–water partition coefficient (Wildman–Crippen LogP) is 1.48. The topological polar surface area (TPSA) is 116 Å². The fourth-order valence-corrected chi connectivity index (χ4v) is 1.14. The van der Waals surface area contributed by atoms with Crippen molar-refractivity contribution in [2.24, 2.45) is 5.18 Å². The zero-order chi connectivity index (χ0) is 12.1. The van der Waals surface area contributed by atoms with Crippen molar-refractivity contribution in [3.05, 3.63) is 34.7 Å². The van der Waals surface area contributed by atoms with Crippen molar-refractivity contribution >= 4 is 17.7 Å². The first-order valence-electron chi connectivity index (χ1n) is 4.20. The Morgan fingerprint density at radius 1 is 1.19 bits per heavy atom. The molecule has 1 rings (SSSR count). The van der Waals surface area contributed by atoms with Gasteiger partial charge in [0.05, 0.1) is 0 Å². The van der Waals surface area contributed by atoms with Crippen LogP contribution in [0.5, 0.6) is 0 Å². The third kappa shape index (κ3) is 2.77. The molecular weight excluding hydrogens is 216 g/mol. The largest absolute Gasteiger partial charge is 0.479 e. The summed E-state index contributed by atoms with van der Waals surface area (Å²) in [7, 11) is 0. The third-order valence-corrected chi connectivity index (χ3v) is 1.85. The lowest BCUT2D eigenvalue weighted by atomic mass is 10.1. The molecule has 7 heteroatoms. The number of hydrogen-bond donors (Lipinski definition) is 3. The summed E-state index contributed by atoms with van der Waals surface area (Å²) in [4.78, 5) is 31.3. The number of nitroso groups, excluding NO2 is 1. The van der Waals surface area contributed by atoms with E-state index in [9.17, 15) is 14.5 Å². The van der Waals surface area contributed by atoms with Gasteiger partial charge in [0.2, 0.25) is 0 Å². The quantitative estimate of drug-likeness (QED) is 0.669. The van der Waals surface area contributed by atoms with Gasteiger partial charge in [0.15, 0.2) is 6.04 Å². The minimum atomic E-state index is -1.44. The van der Waals surface area contributed by atoms with E-state index in [4.69, 9.17) is 10.2 Å². The minimum Gasteiger partial charge on any atom is -0.479 e. The zero-order valence-corrected chi connectivity index (χ0v) is 7.95. The Hall–Kier alpha value is -2.44. The fraction of sp³-hybridized carbons (Fsp3) is 0.111. The van der Waals surface area contributed by atoms with Crippen LogP contribution in [0.2, 0.25) is 0 Å². The van der Waals surface area contributed by atoms with Crippen LogP contribution in [-0.4, -0.2) is 22.3 Å². The smallest absolute Gasteiger partial charge is 0.405 e. The van der Waals surface area contributed by atoms with Gasteiger partial charge in [0.25, 0.3) is 0 Å². The molecule has 1 aromatic rings. The van der Waals surface area contributed by atoms with Crippen molar-refractivity contribution in [1.29, 1.82) is 0 Å². The van der Waals surface area contributed by atoms with Gasteiger partial charge < -0.3 is 15.5 Å². The summed E-state index contributed by atoms with van der Waals surface area (Å²) >= 11 is 0. The second-order valence-corrected chi connectivity index (χ2v) is 2.90. The Morgan fingerprint density at radius 3 is 2.12 bits per heavy atom. The average Bonchev–Trinajstić information content (AvgIpc) is 2.25. The Labute approximate surface area is 89.7 Å². The predicted molar refractivity (Wildman–Crippen MR) is 53.4 cm³/mol. The van der Waals surface area contributed by atoms with Crippen LogP contribution in [0.4, 0.5) is 10.5 Å². The number of aliphatic carboxylic acids is 1. The van der Waals surface area contributed by atoms with E-state index in [0.717, 1.165) is 0 Å². The van der Waals surface area contributed by atoms with Crippen LogP contribution in [0, 0.1) is 4.91 Å². The van der Waals surface area contributed by atoms with Crippen LogP contribution >= 0.6 is 0 Å². The standard InChI is InChI=1S/C9H8N2O5/c12-8(13)7(10-9(14)15)5-1-3-6(11-16)4-2-5/h1-4,7,10H,(H,12,13)(H,14,15). The van der Waals surface area contributed by atoms with Crippen LogP contribution in [0.3, 0.4) is 0 Å². The maximum Gasteiger partial charge on any atom is 0.405 e. The molecule has 1 unspecified atom stereocenters. The van der Waals surface area contributed by atoms with Crippen LogP contribution in [0.1, 0.15) is 11.6 Å². The molecule has 0 aromatic heterocycles. The molecule has 0 aliphatic rings. The van der Waals surface area contributed by atoms with Crippen molar-refractivity contribution in [2.75, 3.05) is 0 Å². The molecule has 7 nitrogen and oxygen atoms in total. The van der Waals surface area contributed by atoms with Gasteiger partial charge in [-0.1, -0.05) is 12.1 Å². The molecule has 0 saturated heterocycles. The van der Waals surface area contributed by atoms with Crippen LogP contribution in [0.15, 0.2) is 29.4 Å². The third-order valence-electron chi connectivity index (χ3n) is 1.85. The SMILES string of the molecule is O=Nc1ccc(C(NC(=O)O)C(=O)O)cc1. The van der Waals surface area contributed by atoms with E-state index in [0.29, 0.717) is 0 Å². The summed E-state index contributed by atoms with van der Waals surface area (Å²) in [6.45, 7) is 0. The molecule has 1 amide bonds. The summed E-state index contributed by atoms with van der Waals surface area (Å²) in [6, 6.07) is 3.90. The van der Waals surface area contributed by atoms with Gasteiger partial charge in [-0.2, -0.15) is 0 Å². The average molecular weight is 224 g/mol. The number of nitrogens with zero attached hydrogens (tertiary/aromatic N) is 1. The molecule has 0 bridgehead atoms. The maximum absolute atomic E-state index is 10.8. The number of carbonyl (C=O) groups is 2. The van der Waals surface area contributed by atoms with Crippen molar-refractivity contribution in [3.63, 3.8) is 0 Å². The lowest BCUT2D eigenvalue weighted by Crippen LogP contribution is -2.32.